The molecule has 0 atom stereocenters. The molecule has 3 aromatic rings. The van der Waals surface area contributed by atoms with E-state index in [2.05, 4.69) is 0 Å². The highest BCUT2D eigenvalue weighted by Gasteiger charge is 2.18. The SMILES string of the molecule is [2H]C([2H])([2H])c1c[n+](C)c(-c2cc(-c3ccc(F)cc3)c(C([2H])([2H])[2H])cc2C)cc1F. The minimum atomic E-state index is -2.60. The zero-order valence-electron chi connectivity index (χ0n) is 19.3. The summed E-state index contributed by atoms with van der Waals surface area (Å²) in [6.45, 7) is -3.31. The van der Waals surface area contributed by atoms with E-state index in [1.54, 1.807) is 20.0 Å². The molecule has 1 heterocycles. The molecule has 122 valence electrons. The minimum Gasteiger partial charge on any atom is -0.207 e. The van der Waals surface area contributed by atoms with Crippen LogP contribution in [0.5, 0.6) is 0 Å². The van der Waals surface area contributed by atoms with Crippen LogP contribution in [0.1, 0.15) is 24.9 Å². The normalized spacial score (nSPS) is 15.7. The molecular weight excluding hydrogens is 304 g/mol. The molecule has 0 bridgehead atoms. The lowest BCUT2D eigenvalue weighted by molar-refractivity contribution is -0.661. The van der Waals surface area contributed by atoms with Gasteiger partial charge in [0.05, 0.1) is 0 Å². The van der Waals surface area contributed by atoms with Crippen molar-refractivity contribution in [3.63, 3.8) is 0 Å². The molecule has 1 aromatic heterocycles. The first-order valence-corrected chi connectivity index (χ1v) is 7.40. The molecule has 0 aliphatic rings. The van der Waals surface area contributed by atoms with E-state index < -0.39 is 30.9 Å². The third-order valence-electron chi connectivity index (χ3n) is 4.02. The molecular formula is C21H20F2N+. The van der Waals surface area contributed by atoms with Gasteiger partial charge in [-0.05, 0) is 61.1 Å². The fourth-order valence-corrected chi connectivity index (χ4v) is 2.74. The van der Waals surface area contributed by atoms with Gasteiger partial charge in [0.15, 0.2) is 6.20 Å². The Bertz CT molecular complexity index is 1100. The zero-order chi connectivity index (χ0) is 22.4. The molecule has 0 aliphatic heterocycles. The highest BCUT2D eigenvalue weighted by Crippen LogP contribution is 2.31. The third kappa shape index (κ3) is 2.94. The topological polar surface area (TPSA) is 3.88 Å². The van der Waals surface area contributed by atoms with E-state index in [-0.39, 0.29) is 5.56 Å². The summed E-state index contributed by atoms with van der Waals surface area (Å²) < 4.78 is 75.5. The molecule has 0 aliphatic carbocycles. The first kappa shape index (κ1) is 10.3. The van der Waals surface area contributed by atoms with Gasteiger partial charge in [-0.15, -0.1) is 0 Å². The predicted molar refractivity (Wildman–Crippen MR) is 92.6 cm³/mol. The van der Waals surface area contributed by atoms with Crippen molar-refractivity contribution < 1.29 is 21.6 Å². The third-order valence-corrected chi connectivity index (χ3v) is 4.02. The Kier molecular flexibility index (Phi) is 2.65. The molecule has 0 radical (unpaired) electrons. The smallest absolute Gasteiger partial charge is 0.207 e. The lowest BCUT2D eigenvalue weighted by Crippen LogP contribution is -2.31. The van der Waals surface area contributed by atoms with E-state index in [0.717, 1.165) is 6.07 Å². The molecule has 0 amide bonds. The number of aromatic nitrogens is 1. The number of halogens is 2. The van der Waals surface area contributed by atoms with Crippen molar-refractivity contribution in [1.29, 1.82) is 0 Å². The van der Waals surface area contributed by atoms with Crippen molar-refractivity contribution >= 4 is 0 Å². The highest BCUT2D eigenvalue weighted by molar-refractivity contribution is 5.75. The molecule has 1 nitrogen and oxygen atoms in total. The summed E-state index contributed by atoms with van der Waals surface area (Å²) in [6, 6.07) is 9.71. The average Bonchev–Trinajstić information content (AvgIpc) is 2.62. The molecule has 24 heavy (non-hydrogen) atoms. The molecule has 3 heteroatoms. The van der Waals surface area contributed by atoms with Crippen molar-refractivity contribution in [2.75, 3.05) is 0 Å². The number of pyridine rings is 1. The van der Waals surface area contributed by atoms with Gasteiger partial charge >= 0.3 is 0 Å². The van der Waals surface area contributed by atoms with Gasteiger partial charge < -0.3 is 0 Å². The van der Waals surface area contributed by atoms with Crippen LogP contribution in [-0.4, -0.2) is 0 Å². The number of nitrogens with zero attached hydrogens (tertiary/aromatic N) is 1. The fourth-order valence-electron chi connectivity index (χ4n) is 2.74. The van der Waals surface area contributed by atoms with Crippen LogP contribution in [-0.2, 0) is 7.05 Å². The Hall–Kier alpha value is -2.55. The van der Waals surface area contributed by atoms with Gasteiger partial charge in [0.25, 0.3) is 0 Å². The second-order valence-electron chi connectivity index (χ2n) is 5.75. The average molecular weight is 330 g/mol. The second-order valence-corrected chi connectivity index (χ2v) is 5.75. The van der Waals surface area contributed by atoms with Crippen molar-refractivity contribution in [3.8, 4) is 22.4 Å². The van der Waals surface area contributed by atoms with E-state index in [4.69, 9.17) is 8.22 Å². The number of hydrogen-bond acceptors (Lipinski definition) is 0. The molecule has 0 N–H and O–H groups in total. The van der Waals surface area contributed by atoms with Crippen molar-refractivity contribution in [2.45, 2.75) is 20.6 Å². The number of benzene rings is 2. The van der Waals surface area contributed by atoms with Crippen LogP contribution in [0.3, 0.4) is 0 Å². The summed E-state index contributed by atoms with van der Waals surface area (Å²) in [6.07, 6.45) is 1.21. The molecule has 2 aromatic carbocycles. The van der Waals surface area contributed by atoms with Crippen LogP contribution in [0.2, 0.25) is 0 Å². The van der Waals surface area contributed by atoms with Crippen LogP contribution < -0.4 is 4.57 Å². The monoisotopic (exact) mass is 330 g/mol. The van der Waals surface area contributed by atoms with Crippen molar-refractivity contribution in [3.05, 3.63) is 77.0 Å². The summed E-state index contributed by atoms with van der Waals surface area (Å²) in [4.78, 5) is 0. The summed E-state index contributed by atoms with van der Waals surface area (Å²) in [5.74, 6) is -1.32. The van der Waals surface area contributed by atoms with Crippen LogP contribution in [0.4, 0.5) is 8.78 Å². The molecule has 0 fully saturated rings. The second kappa shape index (κ2) is 6.16. The summed E-state index contributed by atoms with van der Waals surface area (Å²) >= 11 is 0. The molecule has 0 spiro atoms. The quantitative estimate of drug-likeness (QED) is 0.579. The summed E-state index contributed by atoms with van der Waals surface area (Å²) in [7, 11) is 1.60. The van der Waals surface area contributed by atoms with Crippen LogP contribution in [0, 0.1) is 32.3 Å². The Morgan fingerprint density at radius 2 is 1.58 bits per heavy atom. The Morgan fingerprint density at radius 1 is 0.875 bits per heavy atom. The van der Waals surface area contributed by atoms with Gasteiger partial charge in [0, 0.05) is 25.4 Å². The van der Waals surface area contributed by atoms with Gasteiger partial charge in [-0.25, -0.2) is 13.3 Å². The maximum absolute atomic E-state index is 14.6. The molecule has 0 saturated carbocycles. The molecule has 3 rings (SSSR count). The van der Waals surface area contributed by atoms with Gasteiger partial charge in [-0.2, -0.15) is 0 Å². The van der Waals surface area contributed by atoms with E-state index in [0.29, 0.717) is 27.9 Å². The first-order valence-electron chi connectivity index (χ1n) is 10.4. The van der Waals surface area contributed by atoms with E-state index in [1.807, 2.05) is 0 Å². The Balaban J connectivity index is 2.28. The summed E-state index contributed by atoms with van der Waals surface area (Å²) in [5.41, 5.74) is 2.09. The maximum Gasteiger partial charge on any atom is 0.215 e. The summed E-state index contributed by atoms with van der Waals surface area (Å²) in [5, 5.41) is 0. The van der Waals surface area contributed by atoms with Crippen LogP contribution in [0.15, 0.2) is 48.7 Å². The Labute approximate surface area is 149 Å². The van der Waals surface area contributed by atoms with Gasteiger partial charge in [-0.1, -0.05) is 18.2 Å². The van der Waals surface area contributed by atoms with Gasteiger partial charge in [0.1, 0.15) is 18.7 Å². The minimum absolute atomic E-state index is 0.0950. The lowest BCUT2D eigenvalue weighted by Gasteiger charge is -2.12. The van der Waals surface area contributed by atoms with Crippen LogP contribution >= 0.6 is 0 Å². The van der Waals surface area contributed by atoms with Crippen LogP contribution in [0.25, 0.3) is 22.4 Å². The number of rotatable bonds is 2. The molecule has 0 saturated heterocycles. The maximum atomic E-state index is 14.6. The van der Waals surface area contributed by atoms with Gasteiger partial charge in [0.2, 0.25) is 5.69 Å². The van der Waals surface area contributed by atoms with E-state index in [1.165, 1.54) is 41.1 Å². The van der Waals surface area contributed by atoms with Crippen molar-refractivity contribution in [2.24, 2.45) is 7.05 Å². The highest BCUT2D eigenvalue weighted by atomic mass is 19.1. The van der Waals surface area contributed by atoms with E-state index >= 15 is 0 Å². The first-order chi connectivity index (χ1) is 13.8. The predicted octanol–water partition coefficient (Wildman–Crippen LogP) is 5.05. The lowest BCUT2D eigenvalue weighted by atomic mass is 9.93. The number of aryl methyl sites for hydroxylation is 4. The van der Waals surface area contributed by atoms with E-state index in [9.17, 15) is 8.78 Å². The largest absolute Gasteiger partial charge is 0.215 e. The Morgan fingerprint density at radius 3 is 2.25 bits per heavy atom. The fraction of sp³-hybridized carbons (Fsp3) is 0.190. The number of hydrogen-bond donors (Lipinski definition) is 0. The molecule has 0 unspecified atom stereocenters. The standard InChI is InChI=1S/C21H20F2N/c1-13-9-14(2)19(21-11-20(23)15(3)12-24(21)4)10-18(13)16-5-7-17(22)8-6-16/h5-12H,1-4H3/q+1/i1D3,3D3. The van der Waals surface area contributed by atoms with Gasteiger partial charge in [-0.3, -0.25) is 0 Å². The van der Waals surface area contributed by atoms with Crippen molar-refractivity contribution in [1.82, 2.24) is 0 Å². The zero-order valence-corrected chi connectivity index (χ0v) is 13.3.